The number of nitrogens with zero attached hydrogens (tertiary/aromatic N) is 3. The van der Waals surface area contributed by atoms with Crippen LogP contribution >= 0.6 is 0 Å². The SMILES string of the molecule is Cc1n[nH]c2nc3ccccc3c(=O)n12. The fraction of sp³-hybridized carbons (Fsp3) is 0.100. The van der Waals surface area contributed by atoms with Crippen LogP contribution in [0.25, 0.3) is 16.7 Å². The maximum Gasteiger partial charge on any atom is 0.268 e. The Bertz CT molecular complexity index is 710. The molecule has 3 rings (SSSR count). The normalized spacial score (nSPS) is 11.3. The molecule has 0 aliphatic heterocycles. The molecule has 15 heavy (non-hydrogen) atoms. The molecule has 0 fully saturated rings. The zero-order valence-electron chi connectivity index (χ0n) is 8.06. The Balaban J connectivity index is 2.69. The smallest absolute Gasteiger partial charge is 0.268 e. The number of aromatic nitrogens is 4. The standard InChI is InChI=1S/C10H8N4O/c1-6-12-13-10-11-8-5-3-2-4-7(8)9(15)14(6)10/h2-5H,1H3,(H,11,13). The first-order chi connectivity index (χ1) is 7.27. The van der Waals surface area contributed by atoms with Crippen molar-refractivity contribution in [3.63, 3.8) is 0 Å². The average Bonchev–Trinajstić information content (AvgIpc) is 2.61. The molecule has 2 aromatic heterocycles. The van der Waals surface area contributed by atoms with Crippen molar-refractivity contribution in [1.82, 2.24) is 19.6 Å². The van der Waals surface area contributed by atoms with E-state index in [0.29, 0.717) is 22.5 Å². The summed E-state index contributed by atoms with van der Waals surface area (Å²) >= 11 is 0. The van der Waals surface area contributed by atoms with Crippen molar-refractivity contribution in [3.8, 4) is 0 Å². The second kappa shape index (κ2) is 2.66. The lowest BCUT2D eigenvalue weighted by Crippen LogP contribution is -2.15. The maximum absolute atomic E-state index is 12.0. The van der Waals surface area contributed by atoms with Crippen LogP contribution in [-0.2, 0) is 0 Å². The van der Waals surface area contributed by atoms with Gasteiger partial charge in [-0.05, 0) is 19.1 Å². The Labute approximate surface area is 84.4 Å². The van der Waals surface area contributed by atoms with Gasteiger partial charge in [0.2, 0.25) is 5.78 Å². The van der Waals surface area contributed by atoms with Gasteiger partial charge in [-0.2, -0.15) is 5.10 Å². The quantitative estimate of drug-likeness (QED) is 0.586. The van der Waals surface area contributed by atoms with Gasteiger partial charge in [-0.3, -0.25) is 4.79 Å². The number of hydrogen-bond acceptors (Lipinski definition) is 3. The van der Waals surface area contributed by atoms with E-state index in [1.165, 1.54) is 4.40 Å². The molecule has 0 spiro atoms. The molecule has 0 saturated heterocycles. The Kier molecular flexibility index (Phi) is 1.45. The van der Waals surface area contributed by atoms with Gasteiger partial charge in [0.25, 0.3) is 5.56 Å². The molecular weight excluding hydrogens is 192 g/mol. The molecule has 2 heterocycles. The van der Waals surface area contributed by atoms with E-state index in [0.717, 1.165) is 0 Å². The number of rotatable bonds is 0. The number of nitrogens with one attached hydrogen (secondary N) is 1. The molecule has 0 saturated carbocycles. The van der Waals surface area contributed by atoms with Gasteiger partial charge in [-0.25, -0.2) is 14.5 Å². The Hall–Kier alpha value is -2.17. The number of aromatic amines is 1. The average molecular weight is 200 g/mol. The Morgan fingerprint density at radius 1 is 1.33 bits per heavy atom. The molecule has 0 bridgehead atoms. The van der Waals surface area contributed by atoms with Crippen LogP contribution in [0, 0.1) is 6.92 Å². The lowest BCUT2D eigenvalue weighted by molar-refractivity contribution is 0.986. The lowest BCUT2D eigenvalue weighted by Gasteiger charge is -1.97. The number of H-pyrrole nitrogens is 1. The van der Waals surface area contributed by atoms with Crippen LogP contribution in [0.5, 0.6) is 0 Å². The summed E-state index contributed by atoms with van der Waals surface area (Å²) in [4.78, 5) is 16.3. The third-order valence-corrected chi connectivity index (χ3v) is 2.42. The number of hydrogen-bond donors (Lipinski definition) is 1. The second-order valence-electron chi connectivity index (χ2n) is 3.36. The predicted molar refractivity (Wildman–Crippen MR) is 55.9 cm³/mol. The zero-order valence-corrected chi connectivity index (χ0v) is 8.06. The van der Waals surface area contributed by atoms with E-state index in [2.05, 4.69) is 15.2 Å². The van der Waals surface area contributed by atoms with Crippen molar-refractivity contribution in [2.24, 2.45) is 0 Å². The summed E-state index contributed by atoms with van der Waals surface area (Å²) in [5, 5.41) is 7.29. The van der Waals surface area contributed by atoms with Crippen LogP contribution in [-0.4, -0.2) is 19.6 Å². The molecule has 0 atom stereocenters. The molecular formula is C10H8N4O. The van der Waals surface area contributed by atoms with Crippen molar-refractivity contribution in [1.29, 1.82) is 0 Å². The van der Waals surface area contributed by atoms with E-state index < -0.39 is 0 Å². The van der Waals surface area contributed by atoms with E-state index >= 15 is 0 Å². The molecule has 0 radical (unpaired) electrons. The molecule has 1 N–H and O–H groups in total. The summed E-state index contributed by atoms with van der Waals surface area (Å²) in [6.45, 7) is 1.77. The van der Waals surface area contributed by atoms with Crippen LogP contribution in [0.15, 0.2) is 29.1 Å². The van der Waals surface area contributed by atoms with Crippen molar-refractivity contribution in [2.75, 3.05) is 0 Å². The van der Waals surface area contributed by atoms with E-state index in [4.69, 9.17) is 0 Å². The highest BCUT2D eigenvalue weighted by Gasteiger charge is 2.07. The first-order valence-corrected chi connectivity index (χ1v) is 4.60. The second-order valence-corrected chi connectivity index (χ2v) is 3.36. The van der Waals surface area contributed by atoms with Gasteiger partial charge in [-0.1, -0.05) is 12.1 Å². The van der Waals surface area contributed by atoms with Crippen LogP contribution in [0.1, 0.15) is 5.82 Å². The van der Waals surface area contributed by atoms with E-state index in [-0.39, 0.29) is 5.56 Å². The van der Waals surface area contributed by atoms with Gasteiger partial charge in [-0.15, -0.1) is 0 Å². The molecule has 5 nitrogen and oxygen atoms in total. The van der Waals surface area contributed by atoms with Gasteiger partial charge < -0.3 is 0 Å². The summed E-state index contributed by atoms with van der Waals surface area (Å²) in [5.41, 5.74) is 0.605. The molecule has 5 heteroatoms. The largest absolute Gasteiger partial charge is 0.268 e. The lowest BCUT2D eigenvalue weighted by atomic mass is 10.2. The predicted octanol–water partition coefficient (Wildman–Crippen LogP) is 0.879. The molecule has 1 aromatic carbocycles. The topological polar surface area (TPSA) is 63.0 Å². The molecule has 0 aliphatic carbocycles. The van der Waals surface area contributed by atoms with Gasteiger partial charge >= 0.3 is 0 Å². The summed E-state index contributed by atoms with van der Waals surface area (Å²) in [6.07, 6.45) is 0. The van der Waals surface area contributed by atoms with Crippen LogP contribution in [0.3, 0.4) is 0 Å². The van der Waals surface area contributed by atoms with Crippen LogP contribution < -0.4 is 5.56 Å². The van der Waals surface area contributed by atoms with Gasteiger partial charge in [0, 0.05) is 0 Å². The van der Waals surface area contributed by atoms with Crippen molar-refractivity contribution in [3.05, 3.63) is 40.4 Å². The van der Waals surface area contributed by atoms with Gasteiger partial charge in [0.1, 0.15) is 5.82 Å². The minimum atomic E-state index is -0.0816. The minimum Gasteiger partial charge on any atom is -0.268 e. The summed E-state index contributed by atoms with van der Waals surface area (Å²) in [7, 11) is 0. The minimum absolute atomic E-state index is 0.0816. The molecule has 0 amide bonds. The Morgan fingerprint density at radius 3 is 3.00 bits per heavy atom. The van der Waals surface area contributed by atoms with Crippen molar-refractivity contribution in [2.45, 2.75) is 6.92 Å². The number of fused-ring (bicyclic) bond motifs is 2. The third kappa shape index (κ3) is 0.999. The first-order valence-electron chi connectivity index (χ1n) is 4.60. The fourth-order valence-electron chi connectivity index (χ4n) is 1.69. The number of benzene rings is 1. The third-order valence-electron chi connectivity index (χ3n) is 2.42. The maximum atomic E-state index is 12.0. The number of aryl methyl sites for hydroxylation is 1. The molecule has 0 aliphatic rings. The molecule has 74 valence electrons. The monoisotopic (exact) mass is 200 g/mol. The van der Waals surface area contributed by atoms with Crippen LogP contribution in [0.4, 0.5) is 0 Å². The highest BCUT2D eigenvalue weighted by Crippen LogP contribution is 2.07. The van der Waals surface area contributed by atoms with Crippen molar-refractivity contribution < 1.29 is 0 Å². The highest BCUT2D eigenvalue weighted by atomic mass is 16.1. The highest BCUT2D eigenvalue weighted by molar-refractivity contribution is 5.78. The number of para-hydroxylation sites is 1. The van der Waals surface area contributed by atoms with E-state index in [9.17, 15) is 4.79 Å². The first kappa shape index (κ1) is 8.16. The zero-order chi connectivity index (χ0) is 10.4. The fourth-order valence-corrected chi connectivity index (χ4v) is 1.69. The van der Waals surface area contributed by atoms with Crippen LogP contribution in [0.2, 0.25) is 0 Å². The van der Waals surface area contributed by atoms with E-state index in [1.54, 1.807) is 13.0 Å². The Morgan fingerprint density at radius 2 is 2.13 bits per heavy atom. The van der Waals surface area contributed by atoms with E-state index in [1.807, 2.05) is 18.2 Å². The summed E-state index contributed by atoms with van der Waals surface area (Å²) in [5.74, 6) is 1.10. The van der Waals surface area contributed by atoms with Gasteiger partial charge in [0.05, 0.1) is 10.9 Å². The molecule has 3 aromatic rings. The summed E-state index contributed by atoms with van der Waals surface area (Å²) < 4.78 is 1.47. The summed E-state index contributed by atoms with van der Waals surface area (Å²) in [6, 6.07) is 7.26. The van der Waals surface area contributed by atoms with Gasteiger partial charge in [0.15, 0.2) is 0 Å². The molecule has 0 unspecified atom stereocenters. The van der Waals surface area contributed by atoms with Crippen molar-refractivity contribution >= 4 is 16.7 Å².